The van der Waals surface area contributed by atoms with E-state index < -0.39 is 0 Å². The molecule has 0 radical (unpaired) electrons. The number of hydrogen-bond acceptors (Lipinski definition) is 5. The molecule has 6 heteroatoms. The Hall–Kier alpha value is -2.60. The molecule has 1 aliphatic heterocycles. The zero-order chi connectivity index (χ0) is 21.5. The van der Waals surface area contributed by atoms with Crippen LogP contribution < -0.4 is 15.5 Å². The molecule has 2 aromatic carbocycles. The number of rotatable bonds is 8. The molecule has 1 aliphatic rings. The van der Waals surface area contributed by atoms with Crippen LogP contribution in [0.4, 0.5) is 11.4 Å². The maximum absolute atomic E-state index is 8.82. The molecule has 160 valence electrons. The van der Waals surface area contributed by atoms with Crippen LogP contribution in [-0.2, 0) is 6.54 Å². The summed E-state index contributed by atoms with van der Waals surface area (Å²) in [7, 11) is 4.10. The smallest absolute Gasteiger partial charge is 0.129 e. The van der Waals surface area contributed by atoms with Crippen LogP contribution >= 0.6 is 11.8 Å². The molecule has 3 N–H and O–H groups in total. The van der Waals surface area contributed by atoms with Crippen LogP contribution in [0.2, 0.25) is 0 Å². The summed E-state index contributed by atoms with van der Waals surface area (Å²) in [6, 6.07) is 18.7. The molecular weight excluding hydrogens is 390 g/mol. The molecule has 3 rings (SSSR count). The summed E-state index contributed by atoms with van der Waals surface area (Å²) in [6.45, 7) is 6.01. The Morgan fingerprint density at radius 3 is 2.43 bits per heavy atom. The van der Waals surface area contributed by atoms with Crippen LogP contribution in [0.25, 0.3) is 0 Å². The van der Waals surface area contributed by atoms with Gasteiger partial charge >= 0.3 is 0 Å². The number of nitrogens with one attached hydrogen (secondary N) is 3. The van der Waals surface area contributed by atoms with Gasteiger partial charge in [0, 0.05) is 49.9 Å². The van der Waals surface area contributed by atoms with Crippen molar-refractivity contribution in [1.29, 1.82) is 5.41 Å². The summed E-state index contributed by atoms with van der Waals surface area (Å²) in [4.78, 5) is 4.28. The van der Waals surface area contributed by atoms with Gasteiger partial charge in [-0.25, -0.2) is 0 Å². The van der Waals surface area contributed by atoms with Gasteiger partial charge < -0.3 is 20.4 Å². The Labute approximate surface area is 185 Å². The van der Waals surface area contributed by atoms with E-state index in [1.165, 1.54) is 11.3 Å². The van der Waals surface area contributed by atoms with E-state index in [9.17, 15) is 0 Å². The summed E-state index contributed by atoms with van der Waals surface area (Å²) in [5, 5.41) is 15.9. The SMILES string of the molecule is CC(C)CN1CSC/C(=C(/NCc2ccc(N(C)C)cc2)Nc2ccccc2)C1=N. The van der Waals surface area contributed by atoms with Crippen LogP contribution in [0.3, 0.4) is 0 Å². The zero-order valence-corrected chi connectivity index (χ0v) is 19.2. The summed E-state index contributed by atoms with van der Waals surface area (Å²) in [6.07, 6.45) is 0. The molecule has 0 amide bonds. The van der Waals surface area contributed by atoms with Gasteiger partial charge in [-0.05, 0) is 35.7 Å². The van der Waals surface area contributed by atoms with Gasteiger partial charge in [-0.2, -0.15) is 0 Å². The zero-order valence-electron chi connectivity index (χ0n) is 18.4. The largest absolute Gasteiger partial charge is 0.378 e. The van der Waals surface area contributed by atoms with Crippen LogP contribution in [0.1, 0.15) is 19.4 Å². The van der Waals surface area contributed by atoms with Crippen LogP contribution in [0.5, 0.6) is 0 Å². The molecule has 0 unspecified atom stereocenters. The summed E-state index contributed by atoms with van der Waals surface area (Å²) in [5.41, 5.74) is 4.45. The fourth-order valence-corrected chi connectivity index (χ4v) is 4.38. The molecule has 2 aromatic rings. The first-order valence-electron chi connectivity index (χ1n) is 10.4. The number of amidine groups is 1. The first kappa shape index (κ1) is 22.1. The monoisotopic (exact) mass is 423 g/mol. The fourth-order valence-electron chi connectivity index (χ4n) is 3.35. The van der Waals surface area contributed by atoms with Gasteiger partial charge in [0.15, 0.2) is 0 Å². The number of nitrogens with zero attached hydrogens (tertiary/aromatic N) is 2. The number of benzene rings is 2. The number of para-hydroxylation sites is 1. The van der Waals surface area contributed by atoms with Crippen molar-refractivity contribution >= 4 is 29.0 Å². The molecule has 0 spiro atoms. The van der Waals surface area contributed by atoms with Gasteiger partial charge in [0.05, 0.1) is 5.88 Å². The van der Waals surface area contributed by atoms with E-state index in [1.54, 1.807) is 0 Å². The highest BCUT2D eigenvalue weighted by Crippen LogP contribution is 2.24. The molecule has 0 aromatic heterocycles. The molecule has 5 nitrogen and oxygen atoms in total. The van der Waals surface area contributed by atoms with Crippen LogP contribution in [-0.4, -0.2) is 43.0 Å². The van der Waals surface area contributed by atoms with E-state index in [2.05, 4.69) is 84.8 Å². The van der Waals surface area contributed by atoms with Crippen LogP contribution in [0.15, 0.2) is 66.0 Å². The molecule has 1 fully saturated rings. The first-order valence-corrected chi connectivity index (χ1v) is 11.6. The lowest BCUT2D eigenvalue weighted by Crippen LogP contribution is -2.40. The van der Waals surface area contributed by atoms with Gasteiger partial charge in [0.2, 0.25) is 0 Å². The minimum absolute atomic E-state index is 0.527. The molecule has 0 aliphatic carbocycles. The Balaban J connectivity index is 1.82. The third-order valence-corrected chi connectivity index (χ3v) is 5.94. The van der Waals surface area contributed by atoms with Gasteiger partial charge in [-0.1, -0.05) is 44.2 Å². The Bertz CT molecular complexity index is 859. The third kappa shape index (κ3) is 5.95. The van der Waals surface area contributed by atoms with E-state index in [1.807, 2.05) is 30.0 Å². The Morgan fingerprint density at radius 2 is 1.80 bits per heavy atom. The maximum atomic E-state index is 8.82. The standard InChI is InChI=1S/C24H33N5S/c1-18(2)15-29-17-30-16-22(23(29)25)24(27-20-8-6-5-7-9-20)26-14-19-10-12-21(13-11-19)28(3)4/h5-13,18,25-27H,14-17H2,1-4H3/b24-22+,25-23?. The lowest BCUT2D eigenvalue weighted by Gasteiger charge is -2.33. The molecule has 1 saturated heterocycles. The second kappa shape index (κ2) is 10.4. The van der Waals surface area contributed by atoms with Gasteiger partial charge in [-0.3, -0.25) is 5.41 Å². The highest BCUT2D eigenvalue weighted by Gasteiger charge is 2.24. The number of anilines is 2. The van der Waals surface area contributed by atoms with Gasteiger partial charge in [-0.15, -0.1) is 11.8 Å². The van der Waals surface area contributed by atoms with Gasteiger partial charge in [0.25, 0.3) is 0 Å². The summed E-state index contributed by atoms with van der Waals surface area (Å²) in [5.74, 6) is 3.78. The normalized spacial score (nSPS) is 15.9. The molecule has 1 heterocycles. The predicted octanol–water partition coefficient (Wildman–Crippen LogP) is 4.81. The van der Waals surface area contributed by atoms with Crippen molar-refractivity contribution in [3.05, 3.63) is 71.6 Å². The molecule has 0 saturated carbocycles. The second-order valence-electron chi connectivity index (χ2n) is 8.20. The van der Waals surface area contributed by atoms with E-state index in [4.69, 9.17) is 5.41 Å². The Kier molecular flexibility index (Phi) is 7.69. The minimum Gasteiger partial charge on any atom is -0.378 e. The van der Waals surface area contributed by atoms with Gasteiger partial charge in [0.1, 0.15) is 11.7 Å². The second-order valence-corrected chi connectivity index (χ2v) is 9.16. The fraction of sp³-hybridized carbons (Fsp3) is 0.375. The summed E-state index contributed by atoms with van der Waals surface area (Å²) < 4.78 is 0. The third-order valence-electron chi connectivity index (χ3n) is 4.95. The molecule has 30 heavy (non-hydrogen) atoms. The highest BCUT2D eigenvalue weighted by atomic mass is 32.2. The van der Waals surface area contributed by atoms with Crippen molar-refractivity contribution < 1.29 is 0 Å². The first-order chi connectivity index (χ1) is 14.4. The topological polar surface area (TPSA) is 54.4 Å². The Morgan fingerprint density at radius 1 is 1.10 bits per heavy atom. The number of hydrogen-bond donors (Lipinski definition) is 3. The van der Waals surface area contributed by atoms with Crippen molar-refractivity contribution in [2.24, 2.45) is 5.92 Å². The van der Waals surface area contributed by atoms with E-state index >= 15 is 0 Å². The molecule has 0 bridgehead atoms. The quantitative estimate of drug-likeness (QED) is 0.569. The molecule has 0 atom stereocenters. The van der Waals surface area contributed by atoms with E-state index in [-0.39, 0.29) is 0 Å². The van der Waals surface area contributed by atoms with Crippen molar-refractivity contribution in [3.63, 3.8) is 0 Å². The predicted molar refractivity (Wildman–Crippen MR) is 131 cm³/mol. The van der Waals surface area contributed by atoms with Crippen molar-refractivity contribution in [3.8, 4) is 0 Å². The number of thioether (sulfide) groups is 1. The lowest BCUT2D eigenvalue weighted by atomic mass is 10.1. The van der Waals surface area contributed by atoms with E-state index in [0.717, 1.165) is 35.3 Å². The minimum atomic E-state index is 0.527. The van der Waals surface area contributed by atoms with Crippen molar-refractivity contribution in [2.45, 2.75) is 20.4 Å². The van der Waals surface area contributed by atoms with Crippen molar-refractivity contribution in [1.82, 2.24) is 10.2 Å². The summed E-state index contributed by atoms with van der Waals surface area (Å²) >= 11 is 1.86. The average molecular weight is 424 g/mol. The van der Waals surface area contributed by atoms with E-state index in [0.29, 0.717) is 18.3 Å². The molecular formula is C24H33N5S. The van der Waals surface area contributed by atoms with Crippen molar-refractivity contribution in [2.75, 3.05) is 42.5 Å². The average Bonchev–Trinajstić information content (AvgIpc) is 2.73. The lowest BCUT2D eigenvalue weighted by molar-refractivity contribution is 0.408. The maximum Gasteiger partial charge on any atom is 0.129 e. The van der Waals surface area contributed by atoms with Crippen LogP contribution in [0, 0.1) is 11.3 Å². The highest BCUT2D eigenvalue weighted by molar-refractivity contribution is 7.99.